The van der Waals surface area contributed by atoms with Crippen LogP contribution >= 0.6 is 0 Å². The third-order valence-electron chi connectivity index (χ3n) is 2.50. The molecule has 0 aliphatic heterocycles. The first-order chi connectivity index (χ1) is 8.09. The number of anilines is 2. The van der Waals surface area contributed by atoms with Crippen LogP contribution in [-0.2, 0) is 0 Å². The number of nitro benzene ring substituents is 1. The molecule has 86 valence electrons. The highest BCUT2D eigenvalue weighted by Gasteiger charge is 2.12. The molecule has 0 heterocycles. The molecule has 0 unspecified atom stereocenters. The average Bonchev–Trinajstić information content (AvgIpc) is 2.30. The monoisotopic (exact) mass is 229 g/mol. The summed E-state index contributed by atoms with van der Waals surface area (Å²) >= 11 is 0. The second-order valence-corrected chi connectivity index (χ2v) is 3.62. The highest BCUT2D eigenvalue weighted by Crippen LogP contribution is 2.33. The van der Waals surface area contributed by atoms with Gasteiger partial charge >= 0.3 is 0 Å². The Morgan fingerprint density at radius 1 is 0.941 bits per heavy atom. The minimum atomic E-state index is -0.456. The van der Waals surface area contributed by atoms with Crippen LogP contribution in [0.15, 0.2) is 42.5 Å². The summed E-state index contributed by atoms with van der Waals surface area (Å²) in [5, 5.41) is 10.7. The molecule has 0 spiro atoms. The molecule has 5 heteroatoms. The number of nitrogen functional groups attached to an aromatic ring is 2. The largest absolute Gasteiger partial charge is 0.398 e. The van der Waals surface area contributed by atoms with Crippen LogP contribution in [0.3, 0.4) is 0 Å². The standard InChI is InChI=1S/C12H11N3O2/c13-11-4-2-1-3-9(11)10-7-8(15(16)17)5-6-12(10)14/h1-7H,13-14H2. The Morgan fingerprint density at radius 2 is 1.59 bits per heavy atom. The molecule has 2 aromatic carbocycles. The van der Waals surface area contributed by atoms with Crippen molar-refractivity contribution in [2.24, 2.45) is 0 Å². The first-order valence-electron chi connectivity index (χ1n) is 4.98. The summed E-state index contributed by atoms with van der Waals surface area (Å²) < 4.78 is 0. The van der Waals surface area contributed by atoms with Gasteiger partial charge in [0.05, 0.1) is 4.92 Å². The predicted molar refractivity (Wildman–Crippen MR) is 67.4 cm³/mol. The van der Waals surface area contributed by atoms with Crippen LogP contribution in [0.25, 0.3) is 11.1 Å². The van der Waals surface area contributed by atoms with E-state index in [9.17, 15) is 10.1 Å². The molecule has 2 aromatic rings. The molecule has 0 aromatic heterocycles. The van der Waals surface area contributed by atoms with Crippen molar-refractivity contribution in [1.29, 1.82) is 0 Å². The average molecular weight is 229 g/mol. The normalized spacial score (nSPS) is 10.1. The van der Waals surface area contributed by atoms with Crippen LogP contribution in [0.5, 0.6) is 0 Å². The fourth-order valence-electron chi connectivity index (χ4n) is 1.63. The fraction of sp³-hybridized carbons (Fsp3) is 0. The molecule has 0 aliphatic rings. The Hall–Kier alpha value is -2.56. The van der Waals surface area contributed by atoms with Crippen LogP contribution in [0.4, 0.5) is 17.1 Å². The smallest absolute Gasteiger partial charge is 0.270 e. The zero-order valence-electron chi connectivity index (χ0n) is 8.96. The molecule has 5 nitrogen and oxygen atoms in total. The van der Waals surface area contributed by atoms with E-state index in [1.54, 1.807) is 18.2 Å². The summed E-state index contributed by atoms with van der Waals surface area (Å²) in [6, 6.07) is 11.4. The number of rotatable bonds is 2. The lowest BCUT2D eigenvalue weighted by Gasteiger charge is -2.08. The summed E-state index contributed by atoms with van der Waals surface area (Å²) in [6.07, 6.45) is 0. The van der Waals surface area contributed by atoms with E-state index in [0.717, 1.165) is 0 Å². The van der Waals surface area contributed by atoms with Gasteiger partial charge in [-0.25, -0.2) is 0 Å². The van der Waals surface area contributed by atoms with Crippen molar-refractivity contribution < 1.29 is 4.92 Å². The van der Waals surface area contributed by atoms with Crippen molar-refractivity contribution in [2.45, 2.75) is 0 Å². The van der Waals surface area contributed by atoms with Gasteiger partial charge in [0, 0.05) is 34.6 Å². The number of nitro groups is 1. The predicted octanol–water partition coefficient (Wildman–Crippen LogP) is 2.43. The summed E-state index contributed by atoms with van der Waals surface area (Å²) in [5.41, 5.74) is 13.9. The van der Waals surface area contributed by atoms with E-state index in [4.69, 9.17) is 11.5 Å². The van der Waals surface area contributed by atoms with Crippen LogP contribution in [-0.4, -0.2) is 4.92 Å². The lowest BCUT2D eigenvalue weighted by molar-refractivity contribution is -0.384. The van der Waals surface area contributed by atoms with Crippen molar-refractivity contribution in [3.05, 3.63) is 52.6 Å². The van der Waals surface area contributed by atoms with Gasteiger partial charge in [-0.2, -0.15) is 0 Å². The zero-order valence-corrected chi connectivity index (χ0v) is 8.96. The van der Waals surface area contributed by atoms with E-state index < -0.39 is 4.92 Å². The van der Waals surface area contributed by atoms with Crippen molar-refractivity contribution in [2.75, 3.05) is 11.5 Å². The Kier molecular flexibility index (Phi) is 2.66. The Bertz CT molecular complexity index is 582. The van der Waals surface area contributed by atoms with E-state index in [-0.39, 0.29) is 5.69 Å². The first kappa shape index (κ1) is 10.9. The fourth-order valence-corrected chi connectivity index (χ4v) is 1.63. The number of para-hydroxylation sites is 1. The van der Waals surface area contributed by atoms with Crippen molar-refractivity contribution >= 4 is 17.1 Å². The zero-order chi connectivity index (χ0) is 12.4. The van der Waals surface area contributed by atoms with Crippen LogP contribution < -0.4 is 11.5 Å². The molecule has 0 fully saturated rings. The lowest BCUT2D eigenvalue weighted by Crippen LogP contribution is -1.96. The summed E-state index contributed by atoms with van der Waals surface area (Å²) in [6.45, 7) is 0. The number of nitrogens with zero attached hydrogens (tertiary/aromatic N) is 1. The van der Waals surface area contributed by atoms with Crippen LogP contribution in [0.1, 0.15) is 0 Å². The van der Waals surface area contributed by atoms with E-state index in [2.05, 4.69) is 0 Å². The minimum absolute atomic E-state index is 0.00236. The van der Waals surface area contributed by atoms with Gasteiger partial charge in [-0.05, 0) is 12.1 Å². The van der Waals surface area contributed by atoms with E-state index in [0.29, 0.717) is 22.5 Å². The van der Waals surface area contributed by atoms with Gasteiger partial charge < -0.3 is 11.5 Å². The molecule has 0 amide bonds. The maximum absolute atomic E-state index is 10.7. The van der Waals surface area contributed by atoms with Crippen molar-refractivity contribution in [3.8, 4) is 11.1 Å². The highest BCUT2D eigenvalue weighted by atomic mass is 16.6. The molecule has 0 aliphatic carbocycles. The number of nitrogens with two attached hydrogens (primary N) is 2. The Balaban J connectivity index is 2.63. The maximum Gasteiger partial charge on any atom is 0.270 e. The third-order valence-corrected chi connectivity index (χ3v) is 2.50. The molecule has 0 saturated carbocycles. The Labute approximate surface area is 97.8 Å². The lowest BCUT2D eigenvalue weighted by atomic mass is 10.0. The second kappa shape index (κ2) is 4.13. The third kappa shape index (κ3) is 2.03. The molecule has 0 bridgehead atoms. The minimum Gasteiger partial charge on any atom is -0.398 e. The molecule has 2 rings (SSSR count). The highest BCUT2D eigenvalue weighted by molar-refractivity contribution is 5.85. The first-order valence-corrected chi connectivity index (χ1v) is 4.98. The topological polar surface area (TPSA) is 95.2 Å². The van der Waals surface area contributed by atoms with Crippen molar-refractivity contribution in [1.82, 2.24) is 0 Å². The van der Waals surface area contributed by atoms with Crippen molar-refractivity contribution in [3.63, 3.8) is 0 Å². The molecule has 17 heavy (non-hydrogen) atoms. The maximum atomic E-state index is 10.7. The number of benzene rings is 2. The number of hydrogen-bond donors (Lipinski definition) is 2. The molecule has 0 atom stereocenters. The number of hydrogen-bond acceptors (Lipinski definition) is 4. The van der Waals surface area contributed by atoms with Gasteiger partial charge in [0.25, 0.3) is 5.69 Å². The molecule has 4 N–H and O–H groups in total. The molecular formula is C12H11N3O2. The SMILES string of the molecule is Nc1ccccc1-c1cc([N+](=O)[O-])ccc1N. The van der Waals surface area contributed by atoms with Gasteiger partial charge in [0.1, 0.15) is 0 Å². The number of non-ortho nitro benzene ring substituents is 1. The van der Waals surface area contributed by atoms with E-state index in [1.807, 2.05) is 6.07 Å². The van der Waals surface area contributed by atoms with Gasteiger partial charge in [-0.1, -0.05) is 18.2 Å². The molecule has 0 saturated heterocycles. The summed E-state index contributed by atoms with van der Waals surface area (Å²) in [5.74, 6) is 0. The van der Waals surface area contributed by atoms with Gasteiger partial charge in [0.15, 0.2) is 0 Å². The molecular weight excluding hydrogens is 218 g/mol. The van der Waals surface area contributed by atoms with E-state index in [1.165, 1.54) is 18.2 Å². The quantitative estimate of drug-likeness (QED) is 0.469. The van der Waals surface area contributed by atoms with E-state index >= 15 is 0 Å². The Morgan fingerprint density at radius 3 is 2.24 bits per heavy atom. The molecule has 0 radical (unpaired) electrons. The van der Waals surface area contributed by atoms with Gasteiger partial charge in [0.2, 0.25) is 0 Å². The summed E-state index contributed by atoms with van der Waals surface area (Å²) in [4.78, 5) is 10.3. The van der Waals surface area contributed by atoms with Crippen LogP contribution in [0, 0.1) is 10.1 Å². The van der Waals surface area contributed by atoms with Gasteiger partial charge in [-0.3, -0.25) is 10.1 Å². The second-order valence-electron chi connectivity index (χ2n) is 3.62. The van der Waals surface area contributed by atoms with Gasteiger partial charge in [-0.15, -0.1) is 0 Å². The van der Waals surface area contributed by atoms with Crippen LogP contribution in [0.2, 0.25) is 0 Å². The summed E-state index contributed by atoms with van der Waals surface area (Å²) in [7, 11) is 0.